The molecule has 0 fully saturated rings. The zero-order valence-electron chi connectivity index (χ0n) is 8.68. The van der Waals surface area contributed by atoms with E-state index in [0.717, 1.165) is 6.07 Å². The normalized spacial score (nSPS) is 9.65. The second-order valence-corrected chi connectivity index (χ2v) is 3.22. The number of nitrogens with one attached hydrogen (secondary N) is 1. The number of hydrogen-bond donors (Lipinski definition) is 2. The Kier molecular flexibility index (Phi) is 2.83. The van der Waals surface area contributed by atoms with Crippen LogP contribution in [0.25, 0.3) is 0 Å². The first-order valence-corrected chi connectivity index (χ1v) is 4.74. The Morgan fingerprint density at radius 2 is 2.06 bits per heavy atom. The van der Waals surface area contributed by atoms with E-state index >= 15 is 0 Å². The van der Waals surface area contributed by atoms with Gasteiger partial charge in [0.05, 0.1) is 11.3 Å². The van der Waals surface area contributed by atoms with Gasteiger partial charge in [0, 0.05) is 12.4 Å². The lowest BCUT2D eigenvalue weighted by molar-refractivity contribution is 0.627. The van der Waals surface area contributed by atoms with E-state index in [1.165, 1.54) is 24.5 Å². The third kappa shape index (κ3) is 2.29. The van der Waals surface area contributed by atoms with Crippen LogP contribution in [0.2, 0.25) is 0 Å². The third-order valence-corrected chi connectivity index (χ3v) is 2.08. The van der Waals surface area contributed by atoms with E-state index < -0.39 is 5.82 Å². The Morgan fingerprint density at radius 3 is 2.76 bits per heavy atom. The fourth-order valence-corrected chi connectivity index (χ4v) is 1.29. The van der Waals surface area contributed by atoms with Crippen LogP contribution in [-0.4, -0.2) is 9.97 Å². The fourth-order valence-electron chi connectivity index (χ4n) is 1.29. The van der Waals surface area contributed by atoms with Gasteiger partial charge in [-0.05, 0) is 18.2 Å². The highest BCUT2D eigenvalue weighted by Crippen LogP contribution is 2.22. The van der Waals surface area contributed by atoms with Crippen molar-refractivity contribution in [2.24, 2.45) is 0 Å². The molecule has 0 amide bonds. The van der Waals surface area contributed by atoms with Crippen LogP contribution in [-0.2, 0) is 0 Å². The molecule has 0 aliphatic rings. The summed E-state index contributed by atoms with van der Waals surface area (Å²) in [4.78, 5) is 7.81. The summed E-state index contributed by atoms with van der Waals surface area (Å²) in [6.07, 6.45) is 2.92. The molecule has 6 heteroatoms. The molecule has 17 heavy (non-hydrogen) atoms. The topological polar surface area (TPSA) is 87.6 Å². The van der Waals surface area contributed by atoms with Crippen molar-refractivity contribution in [2.75, 3.05) is 11.1 Å². The van der Waals surface area contributed by atoms with Crippen LogP contribution < -0.4 is 11.1 Å². The maximum atomic E-state index is 12.9. The van der Waals surface area contributed by atoms with Crippen molar-refractivity contribution in [3.05, 3.63) is 42.0 Å². The number of nitrogens with zero attached hydrogens (tertiary/aromatic N) is 3. The predicted octanol–water partition coefficient (Wildman–Crippen LogP) is 1.81. The SMILES string of the molecule is N#Cc1cc(F)ccc1Nc1nccnc1N. The Morgan fingerprint density at radius 1 is 1.29 bits per heavy atom. The van der Waals surface area contributed by atoms with Crippen molar-refractivity contribution >= 4 is 17.3 Å². The Bertz CT molecular complexity index is 591. The first-order valence-electron chi connectivity index (χ1n) is 4.74. The number of nitrogens with two attached hydrogens (primary N) is 1. The summed E-state index contributed by atoms with van der Waals surface area (Å²) in [5.41, 5.74) is 6.20. The van der Waals surface area contributed by atoms with Crippen LogP contribution >= 0.6 is 0 Å². The summed E-state index contributed by atoms with van der Waals surface area (Å²) in [5, 5.41) is 11.7. The third-order valence-electron chi connectivity index (χ3n) is 2.08. The van der Waals surface area contributed by atoms with E-state index in [-0.39, 0.29) is 11.4 Å². The summed E-state index contributed by atoms with van der Waals surface area (Å²) in [6, 6.07) is 5.71. The molecule has 84 valence electrons. The molecule has 0 radical (unpaired) electrons. The van der Waals surface area contributed by atoms with Gasteiger partial charge < -0.3 is 11.1 Å². The minimum atomic E-state index is -0.473. The Hall–Kier alpha value is -2.68. The smallest absolute Gasteiger partial charge is 0.173 e. The summed E-state index contributed by atoms with van der Waals surface area (Å²) >= 11 is 0. The zero-order valence-corrected chi connectivity index (χ0v) is 8.68. The van der Waals surface area contributed by atoms with Gasteiger partial charge in [0.2, 0.25) is 0 Å². The molecule has 0 spiro atoms. The first kappa shape index (κ1) is 10.8. The molecule has 2 rings (SSSR count). The van der Waals surface area contributed by atoms with Crippen LogP contribution in [0, 0.1) is 17.1 Å². The van der Waals surface area contributed by atoms with Gasteiger partial charge in [-0.25, -0.2) is 14.4 Å². The lowest BCUT2D eigenvalue weighted by Gasteiger charge is -2.08. The average Bonchev–Trinajstić information content (AvgIpc) is 2.34. The maximum Gasteiger partial charge on any atom is 0.173 e. The number of hydrogen-bond acceptors (Lipinski definition) is 5. The van der Waals surface area contributed by atoms with E-state index in [2.05, 4.69) is 15.3 Å². The number of anilines is 3. The molecule has 1 aromatic heterocycles. The number of halogens is 1. The molecule has 0 saturated heterocycles. The molecular formula is C11H8FN5. The molecule has 0 atom stereocenters. The quantitative estimate of drug-likeness (QED) is 0.819. The summed E-state index contributed by atoms with van der Waals surface area (Å²) < 4.78 is 12.9. The minimum absolute atomic E-state index is 0.176. The second-order valence-electron chi connectivity index (χ2n) is 3.22. The lowest BCUT2D eigenvalue weighted by atomic mass is 10.2. The van der Waals surface area contributed by atoms with Gasteiger partial charge in [0.25, 0.3) is 0 Å². The van der Waals surface area contributed by atoms with Crippen molar-refractivity contribution in [1.82, 2.24) is 9.97 Å². The van der Waals surface area contributed by atoms with E-state index in [1.807, 2.05) is 6.07 Å². The lowest BCUT2D eigenvalue weighted by Crippen LogP contribution is -2.02. The van der Waals surface area contributed by atoms with Crippen LogP contribution in [0.3, 0.4) is 0 Å². The molecule has 0 bridgehead atoms. The van der Waals surface area contributed by atoms with Gasteiger partial charge in [-0.1, -0.05) is 0 Å². The molecule has 0 aliphatic heterocycles. The average molecular weight is 229 g/mol. The first-order chi connectivity index (χ1) is 8.20. The molecule has 0 saturated carbocycles. The summed E-state index contributed by atoms with van der Waals surface area (Å²) in [5.74, 6) is 0.0653. The van der Waals surface area contributed by atoms with E-state index in [4.69, 9.17) is 11.0 Å². The highest BCUT2D eigenvalue weighted by atomic mass is 19.1. The number of benzene rings is 1. The molecule has 5 nitrogen and oxygen atoms in total. The number of aromatic nitrogens is 2. The highest BCUT2D eigenvalue weighted by molar-refractivity contribution is 5.69. The van der Waals surface area contributed by atoms with Crippen molar-refractivity contribution in [3.8, 4) is 6.07 Å². The Balaban J connectivity index is 2.37. The second kappa shape index (κ2) is 4.45. The van der Waals surface area contributed by atoms with Gasteiger partial charge in [0.15, 0.2) is 11.6 Å². The van der Waals surface area contributed by atoms with Crippen molar-refractivity contribution in [3.63, 3.8) is 0 Å². The highest BCUT2D eigenvalue weighted by Gasteiger charge is 2.06. The van der Waals surface area contributed by atoms with Crippen molar-refractivity contribution in [2.45, 2.75) is 0 Å². The molecule has 1 aromatic carbocycles. The monoisotopic (exact) mass is 229 g/mol. The molecule has 3 N–H and O–H groups in total. The van der Waals surface area contributed by atoms with Crippen LogP contribution in [0.15, 0.2) is 30.6 Å². The van der Waals surface area contributed by atoms with Gasteiger partial charge in [-0.15, -0.1) is 0 Å². The standard InChI is InChI=1S/C11H8FN5/c12-8-1-2-9(7(5-8)6-13)17-11-10(14)15-3-4-16-11/h1-5H,(H2,14,15)(H,16,17). The molecule has 0 aliphatic carbocycles. The van der Waals surface area contributed by atoms with Crippen LogP contribution in [0.1, 0.15) is 5.56 Å². The van der Waals surface area contributed by atoms with E-state index in [1.54, 1.807) is 0 Å². The van der Waals surface area contributed by atoms with Gasteiger partial charge >= 0.3 is 0 Å². The Labute approximate surface area is 96.7 Å². The number of nitrogen functional groups attached to an aromatic ring is 1. The van der Waals surface area contributed by atoms with Gasteiger partial charge in [0.1, 0.15) is 11.9 Å². The van der Waals surface area contributed by atoms with Crippen LogP contribution in [0.4, 0.5) is 21.7 Å². The molecule has 2 aromatic rings. The minimum Gasteiger partial charge on any atom is -0.381 e. The maximum absolute atomic E-state index is 12.9. The summed E-state index contributed by atoms with van der Waals surface area (Å²) in [7, 11) is 0. The fraction of sp³-hybridized carbons (Fsp3) is 0. The predicted molar refractivity (Wildman–Crippen MR) is 60.8 cm³/mol. The van der Waals surface area contributed by atoms with Gasteiger partial charge in [-0.2, -0.15) is 5.26 Å². The van der Waals surface area contributed by atoms with Gasteiger partial charge in [-0.3, -0.25) is 0 Å². The van der Waals surface area contributed by atoms with Crippen LogP contribution in [0.5, 0.6) is 0 Å². The number of nitriles is 1. The van der Waals surface area contributed by atoms with E-state index in [9.17, 15) is 4.39 Å². The molecule has 0 unspecified atom stereocenters. The summed E-state index contributed by atoms with van der Waals surface area (Å²) in [6.45, 7) is 0. The zero-order chi connectivity index (χ0) is 12.3. The number of rotatable bonds is 2. The van der Waals surface area contributed by atoms with Crippen molar-refractivity contribution < 1.29 is 4.39 Å². The molecular weight excluding hydrogens is 221 g/mol. The van der Waals surface area contributed by atoms with E-state index in [0.29, 0.717) is 11.5 Å². The van der Waals surface area contributed by atoms with Crippen molar-refractivity contribution in [1.29, 1.82) is 5.26 Å². The largest absolute Gasteiger partial charge is 0.381 e. The molecule has 1 heterocycles.